The van der Waals surface area contributed by atoms with Crippen LogP contribution in [0.15, 0.2) is 18.2 Å². The topological polar surface area (TPSA) is 52.7 Å². The fraction of sp³-hybridized carbons (Fsp3) is 0.429. The minimum Gasteiger partial charge on any atom is -0.336 e. The first-order chi connectivity index (χ1) is 9.99. The second kappa shape index (κ2) is 5.18. The zero-order valence-corrected chi connectivity index (χ0v) is 12.2. The Kier molecular flexibility index (Phi) is 3.49. The van der Waals surface area contributed by atoms with E-state index in [4.69, 9.17) is 11.6 Å². The number of piperidine rings is 1. The van der Waals surface area contributed by atoms with E-state index in [1.807, 2.05) is 0 Å². The number of benzene rings is 1. The van der Waals surface area contributed by atoms with Gasteiger partial charge in [-0.1, -0.05) is 17.7 Å². The summed E-state index contributed by atoms with van der Waals surface area (Å²) >= 11 is 5.94. The van der Waals surface area contributed by atoms with Crippen molar-refractivity contribution in [2.75, 3.05) is 20.1 Å². The van der Waals surface area contributed by atoms with Crippen LogP contribution < -0.4 is 5.32 Å². The van der Waals surface area contributed by atoms with Crippen LogP contribution in [0.25, 0.3) is 0 Å². The van der Waals surface area contributed by atoms with E-state index in [2.05, 4.69) is 5.32 Å². The first kappa shape index (κ1) is 14.1. The molecule has 0 spiro atoms. The molecule has 0 bridgehead atoms. The molecule has 1 N–H and O–H groups in total. The van der Waals surface area contributed by atoms with Crippen LogP contribution in [0.3, 0.4) is 0 Å². The van der Waals surface area contributed by atoms with E-state index in [0.717, 1.165) is 0 Å². The number of nitrogens with zero attached hydrogens (tertiary/aromatic N) is 2. The van der Waals surface area contributed by atoms with Crippen LogP contribution in [0, 0.1) is 5.82 Å². The quantitative estimate of drug-likeness (QED) is 0.858. The SMILES string of the molecule is CN1C(=O)N[C@@H]2CN(C(=O)c3c(F)cccc3Cl)CC[C@@H]21. The predicted octanol–water partition coefficient (Wildman–Crippen LogP) is 1.72. The molecule has 2 heterocycles. The molecular weight excluding hydrogens is 297 g/mol. The summed E-state index contributed by atoms with van der Waals surface area (Å²) in [6.45, 7) is 0.841. The van der Waals surface area contributed by atoms with Crippen LogP contribution in [0.1, 0.15) is 16.8 Å². The molecule has 5 nitrogen and oxygen atoms in total. The Balaban J connectivity index is 1.80. The van der Waals surface area contributed by atoms with Crippen molar-refractivity contribution in [3.8, 4) is 0 Å². The van der Waals surface area contributed by atoms with Crippen molar-refractivity contribution >= 4 is 23.5 Å². The number of urea groups is 1. The second-order valence-electron chi connectivity index (χ2n) is 5.37. The summed E-state index contributed by atoms with van der Waals surface area (Å²) < 4.78 is 13.8. The lowest BCUT2D eigenvalue weighted by atomic mass is 9.99. The largest absolute Gasteiger partial charge is 0.336 e. The van der Waals surface area contributed by atoms with Crippen molar-refractivity contribution in [2.45, 2.75) is 18.5 Å². The van der Waals surface area contributed by atoms with E-state index >= 15 is 0 Å². The van der Waals surface area contributed by atoms with Crippen LogP contribution >= 0.6 is 11.6 Å². The lowest BCUT2D eigenvalue weighted by molar-refractivity contribution is 0.0662. The maximum atomic E-state index is 13.8. The molecule has 2 atom stereocenters. The number of carbonyl (C=O) groups excluding carboxylic acids is 2. The van der Waals surface area contributed by atoms with Crippen molar-refractivity contribution in [3.63, 3.8) is 0 Å². The number of hydrogen-bond acceptors (Lipinski definition) is 2. The van der Waals surface area contributed by atoms with Gasteiger partial charge >= 0.3 is 6.03 Å². The third-order valence-electron chi connectivity index (χ3n) is 4.17. The Morgan fingerprint density at radius 1 is 1.48 bits per heavy atom. The number of likely N-dealkylation sites (N-methyl/N-ethyl adjacent to an activating group) is 1. The van der Waals surface area contributed by atoms with Gasteiger partial charge in [0, 0.05) is 20.1 Å². The fourth-order valence-corrected chi connectivity index (χ4v) is 3.24. The average Bonchev–Trinajstić information content (AvgIpc) is 2.73. The summed E-state index contributed by atoms with van der Waals surface area (Å²) in [6.07, 6.45) is 0.664. The van der Waals surface area contributed by atoms with E-state index in [9.17, 15) is 14.0 Å². The van der Waals surface area contributed by atoms with Gasteiger partial charge in [0.05, 0.1) is 22.7 Å². The van der Waals surface area contributed by atoms with Crippen molar-refractivity contribution in [2.24, 2.45) is 0 Å². The summed E-state index contributed by atoms with van der Waals surface area (Å²) in [7, 11) is 1.74. The standard InChI is InChI=1S/C14H15ClFN3O2/c1-18-11-5-6-19(7-10(11)17-14(18)21)13(20)12-8(15)3-2-4-9(12)16/h2-4,10-11H,5-7H2,1H3,(H,17,21)/t10-,11+/m1/s1. The van der Waals surface area contributed by atoms with Gasteiger partial charge in [-0.25, -0.2) is 9.18 Å². The van der Waals surface area contributed by atoms with Crippen LogP contribution in [0.5, 0.6) is 0 Å². The molecule has 7 heteroatoms. The van der Waals surface area contributed by atoms with E-state index < -0.39 is 11.7 Å². The molecule has 2 saturated heterocycles. The summed E-state index contributed by atoms with van der Waals surface area (Å²) in [5.74, 6) is -1.05. The van der Waals surface area contributed by atoms with E-state index in [-0.39, 0.29) is 28.7 Å². The highest BCUT2D eigenvalue weighted by atomic mass is 35.5. The molecule has 0 saturated carbocycles. The average molecular weight is 312 g/mol. The smallest absolute Gasteiger partial charge is 0.317 e. The highest BCUT2D eigenvalue weighted by Gasteiger charge is 2.42. The Labute approximate surface area is 126 Å². The number of halogens is 2. The number of nitrogens with one attached hydrogen (secondary N) is 1. The predicted molar refractivity (Wildman–Crippen MR) is 75.8 cm³/mol. The van der Waals surface area contributed by atoms with E-state index in [1.54, 1.807) is 16.8 Å². The van der Waals surface area contributed by atoms with Gasteiger partial charge in [0.1, 0.15) is 5.82 Å². The molecule has 112 valence electrons. The molecule has 2 aliphatic rings. The fourth-order valence-electron chi connectivity index (χ4n) is 3.00. The molecular formula is C14H15ClFN3O2. The lowest BCUT2D eigenvalue weighted by Crippen LogP contribution is -2.52. The van der Waals surface area contributed by atoms with Gasteiger partial charge in [0.2, 0.25) is 0 Å². The van der Waals surface area contributed by atoms with Crippen LogP contribution in [0.2, 0.25) is 5.02 Å². The number of rotatable bonds is 1. The molecule has 0 aliphatic carbocycles. The Morgan fingerprint density at radius 2 is 2.24 bits per heavy atom. The summed E-state index contributed by atoms with van der Waals surface area (Å²) in [6, 6.07) is 4.01. The van der Waals surface area contributed by atoms with Gasteiger partial charge in [-0.15, -0.1) is 0 Å². The Hall–Kier alpha value is -1.82. The van der Waals surface area contributed by atoms with Gasteiger partial charge in [-0.3, -0.25) is 4.79 Å². The van der Waals surface area contributed by atoms with Crippen molar-refractivity contribution in [1.82, 2.24) is 15.1 Å². The zero-order valence-electron chi connectivity index (χ0n) is 11.5. The van der Waals surface area contributed by atoms with Crippen molar-refractivity contribution in [3.05, 3.63) is 34.6 Å². The lowest BCUT2D eigenvalue weighted by Gasteiger charge is -2.36. The monoisotopic (exact) mass is 311 g/mol. The van der Waals surface area contributed by atoms with Gasteiger partial charge in [-0.2, -0.15) is 0 Å². The zero-order chi connectivity index (χ0) is 15.1. The molecule has 1 aromatic rings. The first-order valence-corrected chi connectivity index (χ1v) is 7.13. The molecule has 3 rings (SSSR count). The summed E-state index contributed by atoms with van der Waals surface area (Å²) in [4.78, 5) is 27.3. The molecule has 3 amide bonds. The summed E-state index contributed by atoms with van der Waals surface area (Å²) in [5.41, 5.74) is -0.102. The van der Waals surface area contributed by atoms with Crippen molar-refractivity contribution < 1.29 is 14.0 Å². The number of carbonyl (C=O) groups is 2. The van der Waals surface area contributed by atoms with Crippen LogP contribution in [-0.2, 0) is 0 Å². The number of hydrogen-bond donors (Lipinski definition) is 1. The Morgan fingerprint density at radius 3 is 2.95 bits per heavy atom. The molecule has 0 radical (unpaired) electrons. The maximum absolute atomic E-state index is 13.8. The normalized spacial score (nSPS) is 24.8. The number of fused-ring (bicyclic) bond motifs is 1. The Bertz CT molecular complexity index is 590. The molecule has 1 aromatic carbocycles. The molecule has 2 fully saturated rings. The first-order valence-electron chi connectivity index (χ1n) is 6.75. The molecule has 0 aromatic heterocycles. The molecule has 21 heavy (non-hydrogen) atoms. The third-order valence-corrected chi connectivity index (χ3v) is 4.48. The van der Waals surface area contributed by atoms with Crippen LogP contribution in [-0.4, -0.2) is 54.0 Å². The maximum Gasteiger partial charge on any atom is 0.317 e. The van der Waals surface area contributed by atoms with Crippen LogP contribution in [0.4, 0.5) is 9.18 Å². The van der Waals surface area contributed by atoms with E-state index in [1.165, 1.54) is 18.2 Å². The minimum atomic E-state index is -0.623. The minimum absolute atomic E-state index is 0.0812. The third kappa shape index (κ3) is 2.33. The molecule has 0 unspecified atom stereocenters. The van der Waals surface area contributed by atoms with Gasteiger partial charge in [0.15, 0.2) is 0 Å². The molecule has 2 aliphatic heterocycles. The van der Waals surface area contributed by atoms with Gasteiger partial charge < -0.3 is 15.1 Å². The number of amides is 3. The second-order valence-corrected chi connectivity index (χ2v) is 5.78. The highest BCUT2D eigenvalue weighted by molar-refractivity contribution is 6.33. The highest BCUT2D eigenvalue weighted by Crippen LogP contribution is 2.25. The summed E-state index contributed by atoms with van der Waals surface area (Å²) in [5, 5.41) is 2.94. The number of likely N-dealkylation sites (tertiary alicyclic amines) is 1. The van der Waals surface area contributed by atoms with Crippen molar-refractivity contribution in [1.29, 1.82) is 0 Å². The van der Waals surface area contributed by atoms with Gasteiger partial charge in [-0.05, 0) is 18.6 Å². The van der Waals surface area contributed by atoms with E-state index in [0.29, 0.717) is 19.5 Å². The van der Waals surface area contributed by atoms with Gasteiger partial charge in [0.25, 0.3) is 5.91 Å².